The molecule has 2 amide bonds. The number of fused-ring (bicyclic) bond motifs is 2. The molecule has 34 heavy (non-hydrogen) atoms. The Bertz CT molecular complexity index is 1340. The number of para-hydroxylation sites is 1. The van der Waals surface area contributed by atoms with Crippen molar-refractivity contribution in [3.05, 3.63) is 83.1 Å². The summed E-state index contributed by atoms with van der Waals surface area (Å²) in [4.78, 5) is 35.7. The molecule has 1 aliphatic rings. The van der Waals surface area contributed by atoms with Crippen molar-refractivity contribution >= 4 is 22.7 Å². The van der Waals surface area contributed by atoms with E-state index in [1.54, 1.807) is 18.6 Å². The molecule has 0 saturated carbocycles. The van der Waals surface area contributed by atoms with E-state index in [1.165, 1.54) is 0 Å². The number of pyridine rings is 1. The van der Waals surface area contributed by atoms with Crippen LogP contribution in [0.15, 0.2) is 55.0 Å². The fraction of sp³-hybridized carbons (Fsp3) is 0.308. The lowest BCUT2D eigenvalue weighted by molar-refractivity contribution is 0.0732. The minimum Gasteiger partial charge on any atom is -0.360 e. The quantitative estimate of drug-likeness (QED) is 0.464. The fourth-order valence-corrected chi connectivity index (χ4v) is 4.53. The molecule has 0 radical (unpaired) electrons. The topological polar surface area (TPSA) is 95.9 Å². The van der Waals surface area contributed by atoms with Crippen LogP contribution >= 0.6 is 0 Å². The number of carbonyl (C=O) groups is 2. The van der Waals surface area contributed by atoms with E-state index in [2.05, 4.69) is 29.1 Å². The van der Waals surface area contributed by atoms with Crippen LogP contribution in [0.5, 0.6) is 0 Å². The number of hydrogen-bond acceptors (Lipinski definition) is 4. The Morgan fingerprint density at radius 2 is 2.03 bits per heavy atom. The first kappa shape index (κ1) is 21.9. The zero-order chi connectivity index (χ0) is 23.7. The molecule has 2 N–H and O–H groups in total. The first-order valence-corrected chi connectivity index (χ1v) is 11.6. The molecule has 8 heteroatoms. The number of aromatic amines is 1. The number of amides is 2. The van der Waals surface area contributed by atoms with E-state index >= 15 is 0 Å². The van der Waals surface area contributed by atoms with E-state index in [-0.39, 0.29) is 11.8 Å². The minimum atomic E-state index is -0.232. The van der Waals surface area contributed by atoms with Crippen molar-refractivity contribution in [2.75, 3.05) is 6.54 Å². The van der Waals surface area contributed by atoms with Crippen LogP contribution in [0, 0.1) is 5.92 Å². The molecular formula is C26H28N6O2. The molecule has 5 rings (SSSR count). The van der Waals surface area contributed by atoms with Gasteiger partial charge in [0, 0.05) is 66.8 Å². The molecule has 0 saturated heterocycles. The predicted octanol–water partition coefficient (Wildman–Crippen LogP) is 3.54. The van der Waals surface area contributed by atoms with Gasteiger partial charge in [-0.2, -0.15) is 5.10 Å². The van der Waals surface area contributed by atoms with Crippen molar-refractivity contribution in [2.45, 2.75) is 39.9 Å². The van der Waals surface area contributed by atoms with E-state index < -0.39 is 0 Å². The first-order chi connectivity index (χ1) is 16.5. The van der Waals surface area contributed by atoms with Crippen molar-refractivity contribution in [1.82, 2.24) is 30.0 Å². The van der Waals surface area contributed by atoms with Gasteiger partial charge in [0.25, 0.3) is 11.8 Å². The first-order valence-electron chi connectivity index (χ1n) is 11.6. The standard InChI is InChI=1S/C26H28N6O2/c1-17(2)15-32-23-9-11-31(26(34)20-14-28-22-8-4-3-7-19(20)22)16-21(23)24(30-32)25(33)29-13-18-6-5-10-27-12-18/h3-8,10,12,14,17,28H,9,11,13,15-16H2,1-2H3,(H,29,33). The maximum Gasteiger partial charge on any atom is 0.272 e. The summed E-state index contributed by atoms with van der Waals surface area (Å²) < 4.78 is 1.95. The largest absolute Gasteiger partial charge is 0.360 e. The van der Waals surface area contributed by atoms with Gasteiger partial charge in [-0.1, -0.05) is 38.1 Å². The molecule has 4 aromatic rings. The normalized spacial score (nSPS) is 13.3. The average Bonchev–Trinajstić information content (AvgIpc) is 3.44. The SMILES string of the molecule is CC(C)Cn1nc(C(=O)NCc2cccnc2)c2c1CCN(C(=O)c1c[nH]c3ccccc13)C2. The third-order valence-electron chi connectivity index (χ3n) is 6.17. The monoisotopic (exact) mass is 456 g/mol. The Morgan fingerprint density at radius 3 is 2.82 bits per heavy atom. The predicted molar refractivity (Wildman–Crippen MR) is 129 cm³/mol. The van der Waals surface area contributed by atoms with Gasteiger partial charge in [0.15, 0.2) is 5.69 Å². The number of nitrogens with zero attached hydrogens (tertiary/aromatic N) is 4. The van der Waals surface area contributed by atoms with Crippen molar-refractivity contribution in [2.24, 2.45) is 5.92 Å². The van der Waals surface area contributed by atoms with Crippen molar-refractivity contribution in [1.29, 1.82) is 0 Å². The van der Waals surface area contributed by atoms with Crippen molar-refractivity contribution in [3.63, 3.8) is 0 Å². The number of nitrogens with one attached hydrogen (secondary N) is 2. The van der Waals surface area contributed by atoms with Crippen LogP contribution in [0.2, 0.25) is 0 Å². The fourth-order valence-electron chi connectivity index (χ4n) is 4.53. The van der Waals surface area contributed by atoms with Gasteiger partial charge in [0.1, 0.15) is 0 Å². The van der Waals surface area contributed by atoms with E-state index in [1.807, 2.05) is 46.0 Å². The van der Waals surface area contributed by atoms with Crippen LogP contribution in [0.1, 0.15) is 51.5 Å². The maximum atomic E-state index is 13.4. The highest BCUT2D eigenvalue weighted by Gasteiger charge is 2.31. The molecular weight excluding hydrogens is 428 g/mol. The van der Waals surface area contributed by atoms with E-state index in [4.69, 9.17) is 5.10 Å². The summed E-state index contributed by atoms with van der Waals surface area (Å²) in [6.45, 7) is 6.32. The highest BCUT2D eigenvalue weighted by molar-refractivity contribution is 6.06. The molecule has 0 atom stereocenters. The summed E-state index contributed by atoms with van der Waals surface area (Å²) in [6, 6.07) is 11.5. The highest BCUT2D eigenvalue weighted by atomic mass is 16.2. The van der Waals surface area contributed by atoms with Gasteiger partial charge in [0.2, 0.25) is 0 Å². The number of benzene rings is 1. The molecule has 0 spiro atoms. The Balaban J connectivity index is 1.42. The summed E-state index contributed by atoms with van der Waals surface area (Å²) in [6.07, 6.45) is 5.87. The van der Waals surface area contributed by atoms with Gasteiger partial charge in [-0.05, 0) is 23.6 Å². The Labute approximate surface area is 198 Å². The summed E-state index contributed by atoms with van der Waals surface area (Å²) in [7, 11) is 0. The molecule has 0 fully saturated rings. The Kier molecular flexibility index (Phi) is 5.88. The molecule has 174 valence electrons. The summed E-state index contributed by atoms with van der Waals surface area (Å²) >= 11 is 0. The molecule has 8 nitrogen and oxygen atoms in total. The molecule has 0 aliphatic carbocycles. The highest BCUT2D eigenvalue weighted by Crippen LogP contribution is 2.27. The van der Waals surface area contributed by atoms with E-state index in [0.717, 1.165) is 34.3 Å². The number of carbonyl (C=O) groups excluding carboxylic acids is 2. The van der Waals surface area contributed by atoms with Crippen molar-refractivity contribution < 1.29 is 9.59 Å². The third-order valence-corrected chi connectivity index (χ3v) is 6.17. The molecule has 4 heterocycles. The number of hydrogen-bond donors (Lipinski definition) is 2. The molecule has 1 aromatic carbocycles. The van der Waals surface area contributed by atoms with Crippen LogP contribution < -0.4 is 5.32 Å². The lowest BCUT2D eigenvalue weighted by Crippen LogP contribution is -2.37. The number of H-pyrrole nitrogens is 1. The van der Waals surface area contributed by atoms with Crippen LogP contribution in [-0.4, -0.2) is 43.0 Å². The lowest BCUT2D eigenvalue weighted by Gasteiger charge is -2.28. The van der Waals surface area contributed by atoms with E-state index in [0.29, 0.717) is 43.2 Å². The lowest BCUT2D eigenvalue weighted by atomic mass is 10.0. The van der Waals surface area contributed by atoms with E-state index in [9.17, 15) is 9.59 Å². The second kappa shape index (κ2) is 9.13. The van der Waals surface area contributed by atoms with Crippen molar-refractivity contribution in [3.8, 4) is 0 Å². The van der Waals surface area contributed by atoms with Gasteiger partial charge in [0.05, 0.1) is 12.1 Å². The van der Waals surface area contributed by atoms with Crippen LogP contribution in [0.4, 0.5) is 0 Å². The Hall–Kier alpha value is -3.94. The van der Waals surface area contributed by atoms with Gasteiger partial charge >= 0.3 is 0 Å². The minimum absolute atomic E-state index is 0.0403. The van der Waals surface area contributed by atoms with Gasteiger partial charge in [-0.3, -0.25) is 19.3 Å². The molecule has 0 unspecified atom stereocenters. The zero-order valence-electron chi connectivity index (χ0n) is 19.4. The van der Waals surface area contributed by atoms with Gasteiger partial charge in [-0.15, -0.1) is 0 Å². The number of rotatable bonds is 6. The zero-order valence-corrected chi connectivity index (χ0v) is 19.4. The summed E-state index contributed by atoms with van der Waals surface area (Å²) in [5.41, 5.74) is 4.78. The summed E-state index contributed by atoms with van der Waals surface area (Å²) in [5, 5.41) is 8.57. The van der Waals surface area contributed by atoms with Gasteiger partial charge in [-0.25, -0.2) is 0 Å². The second-order valence-electron chi connectivity index (χ2n) is 9.12. The molecule has 3 aromatic heterocycles. The van der Waals surface area contributed by atoms with Gasteiger partial charge < -0.3 is 15.2 Å². The third kappa shape index (κ3) is 4.19. The van der Waals surface area contributed by atoms with Crippen LogP contribution in [0.3, 0.4) is 0 Å². The smallest absolute Gasteiger partial charge is 0.272 e. The average molecular weight is 457 g/mol. The second-order valence-corrected chi connectivity index (χ2v) is 9.12. The Morgan fingerprint density at radius 1 is 1.18 bits per heavy atom. The molecule has 0 bridgehead atoms. The number of aromatic nitrogens is 4. The van der Waals surface area contributed by atoms with Crippen LogP contribution in [0.25, 0.3) is 10.9 Å². The maximum absolute atomic E-state index is 13.4. The molecule has 1 aliphatic heterocycles. The summed E-state index contributed by atoms with van der Waals surface area (Å²) in [5.74, 6) is 0.117. The van der Waals surface area contributed by atoms with Crippen LogP contribution in [-0.2, 0) is 26.1 Å².